The van der Waals surface area contributed by atoms with E-state index in [4.69, 9.17) is 9.15 Å². The summed E-state index contributed by atoms with van der Waals surface area (Å²) in [6, 6.07) is 7.91. The Morgan fingerprint density at radius 2 is 2.17 bits per heavy atom. The summed E-state index contributed by atoms with van der Waals surface area (Å²) < 4.78 is 11.3. The van der Waals surface area contributed by atoms with E-state index in [1.165, 1.54) is 0 Å². The molecule has 1 fully saturated rings. The van der Waals surface area contributed by atoms with Gasteiger partial charge in [-0.2, -0.15) is 0 Å². The number of ether oxygens (including phenoxy) is 1. The first kappa shape index (κ1) is 17.1. The summed E-state index contributed by atoms with van der Waals surface area (Å²) in [5.41, 5.74) is 1.20. The maximum absolute atomic E-state index is 12.4. The molecule has 0 radical (unpaired) electrons. The molecule has 0 unspecified atom stereocenters. The van der Waals surface area contributed by atoms with Gasteiger partial charge < -0.3 is 14.1 Å². The minimum absolute atomic E-state index is 0.161. The number of nitrogens with zero attached hydrogens (tertiary/aromatic N) is 2. The van der Waals surface area contributed by atoms with Gasteiger partial charge in [-0.1, -0.05) is 23.9 Å². The lowest BCUT2D eigenvalue weighted by atomic mass is 10.0. The number of carbonyl (C=O) groups excluding carboxylic acids is 1. The molecule has 1 aliphatic heterocycles. The molecule has 2 aromatic rings. The van der Waals surface area contributed by atoms with Gasteiger partial charge in [0.15, 0.2) is 5.58 Å². The highest BCUT2D eigenvalue weighted by Gasteiger charge is 2.30. The highest BCUT2D eigenvalue weighted by molar-refractivity contribution is 7.99. The van der Waals surface area contributed by atoms with Crippen LogP contribution in [-0.4, -0.2) is 39.9 Å². The summed E-state index contributed by atoms with van der Waals surface area (Å²) >= 11 is 1.56. The van der Waals surface area contributed by atoms with Gasteiger partial charge in [0.1, 0.15) is 11.1 Å². The van der Waals surface area contributed by atoms with E-state index in [1.54, 1.807) is 11.8 Å². The van der Waals surface area contributed by atoms with Gasteiger partial charge in [0, 0.05) is 18.3 Å². The number of benzene rings is 1. The van der Waals surface area contributed by atoms with Crippen molar-refractivity contribution >= 4 is 29.0 Å². The lowest BCUT2D eigenvalue weighted by Gasteiger charge is -2.36. The number of hydrogen-bond donors (Lipinski definition) is 0. The Morgan fingerprint density at radius 1 is 1.38 bits per heavy atom. The number of para-hydroxylation sites is 2. The first-order valence-corrected chi connectivity index (χ1v) is 9.39. The van der Waals surface area contributed by atoms with Crippen molar-refractivity contribution in [2.45, 2.75) is 56.9 Å². The predicted molar refractivity (Wildman–Crippen MR) is 95.3 cm³/mol. The highest BCUT2D eigenvalue weighted by atomic mass is 32.2. The SMILES string of the molecule is CC(C)(C)OC(=O)N1CCCC[C@H]1CSc1nc2ccccc2o1. The molecule has 1 aromatic carbocycles. The lowest BCUT2D eigenvalue weighted by Crippen LogP contribution is -2.47. The first-order chi connectivity index (χ1) is 11.4. The van der Waals surface area contributed by atoms with Crippen LogP contribution in [0.15, 0.2) is 33.9 Å². The fourth-order valence-corrected chi connectivity index (χ4v) is 3.81. The highest BCUT2D eigenvalue weighted by Crippen LogP contribution is 2.28. The second-order valence-electron chi connectivity index (χ2n) is 7.08. The summed E-state index contributed by atoms with van der Waals surface area (Å²) in [5, 5.41) is 0.658. The zero-order valence-electron chi connectivity index (χ0n) is 14.4. The van der Waals surface area contributed by atoms with Crippen LogP contribution in [0.3, 0.4) is 0 Å². The third-order valence-corrected chi connectivity index (χ3v) is 4.90. The minimum atomic E-state index is -0.466. The van der Waals surface area contributed by atoms with Crippen LogP contribution in [-0.2, 0) is 4.74 Å². The van der Waals surface area contributed by atoms with E-state index < -0.39 is 5.60 Å². The monoisotopic (exact) mass is 348 g/mol. The van der Waals surface area contributed by atoms with Crippen LogP contribution in [0, 0.1) is 0 Å². The Bertz CT molecular complexity index is 675. The molecule has 1 amide bonds. The maximum Gasteiger partial charge on any atom is 0.410 e. The Labute approximate surface area is 146 Å². The van der Waals surface area contributed by atoms with Crippen molar-refractivity contribution in [1.82, 2.24) is 9.88 Å². The standard InChI is InChI=1S/C18H24N2O3S/c1-18(2,3)23-17(21)20-11-7-6-8-13(20)12-24-16-19-14-9-4-5-10-15(14)22-16/h4-5,9-10,13H,6-8,11-12H2,1-3H3/t13-/m0/s1. The molecule has 1 aromatic heterocycles. The van der Waals surface area contributed by atoms with E-state index in [0.717, 1.165) is 42.7 Å². The fraction of sp³-hybridized carbons (Fsp3) is 0.556. The van der Waals surface area contributed by atoms with Gasteiger partial charge in [0.05, 0.1) is 0 Å². The van der Waals surface area contributed by atoms with Crippen molar-refractivity contribution in [3.63, 3.8) is 0 Å². The molecule has 24 heavy (non-hydrogen) atoms. The Hall–Kier alpha value is -1.69. The number of aromatic nitrogens is 1. The third-order valence-electron chi connectivity index (χ3n) is 3.93. The molecular weight excluding hydrogens is 324 g/mol. The summed E-state index contributed by atoms with van der Waals surface area (Å²) in [7, 11) is 0. The zero-order valence-corrected chi connectivity index (χ0v) is 15.3. The molecule has 0 spiro atoms. The van der Waals surface area contributed by atoms with Crippen LogP contribution in [0.1, 0.15) is 40.0 Å². The lowest BCUT2D eigenvalue weighted by molar-refractivity contribution is 0.0125. The quantitative estimate of drug-likeness (QED) is 0.752. The molecule has 5 nitrogen and oxygen atoms in total. The van der Waals surface area contributed by atoms with Crippen LogP contribution < -0.4 is 0 Å². The largest absolute Gasteiger partial charge is 0.444 e. The molecule has 2 heterocycles. The number of hydrogen-bond acceptors (Lipinski definition) is 5. The average Bonchev–Trinajstić information content (AvgIpc) is 2.94. The Morgan fingerprint density at radius 3 is 2.92 bits per heavy atom. The van der Waals surface area contributed by atoms with Gasteiger partial charge in [0.2, 0.25) is 0 Å². The van der Waals surface area contributed by atoms with Crippen LogP contribution in [0.25, 0.3) is 11.1 Å². The topological polar surface area (TPSA) is 55.6 Å². The molecule has 1 aliphatic rings. The molecule has 1 saturated heterocycles. The van der Waals surface area contributed by atoms with Gasteiger partial charge in [-0.15, -0.1) is 0 Å². The molecule has 0 aliphatic carbocycles. The predicted octanol–water partition coefficient (Wildman–Crippen LogP) is 4.71. The normalized spacial score (nSPS) is 18.8. The number of fused-ring (bicyclic) bond motifs is 1. The fourth-order valence-electron chi connectivity index (χ4n) is 2.82. The van der Waals surface area contributed by atoms with Crippen molar-refractivity contribution in [3.8, 4) is 0 Å². The van der Waals surface area contributed by atoms with Crippen LogP contribution in [0.5, 0.6) is 0 Å². The zero-order chi connectivity index (χ0) is 17.2. The third kappa shape index (κ3) is 4.23. The smallest absolute Gasteiger partial charge is 0.410 e. The number of amides is 1. The van der Waals surface area contributed by atoms with Crippen molar-refractivity contribution in [3.05, 3.63) is 24.3 Å². The minimum Gasteiger partial charge on any atom is -0.444 e. The molecule has 6 heteroatoms. The molecule has 0 bridgehead atoms. The van der Waals surface area contributed by atoms with E-state index in [2.05, 4.69) is 4.98 Å². The number of oxazole rings is 1. The number of thioether (sulfide) groups is 1. The van der Waals surface area contributed by atoms with Gasteiger partial charge in [-0.25, -0.2) is 9.78 Å². The van der Waals surface area contributed by atoms with Gasteiger partial charge >= 0.3 is 6.09 Å². The van der Waals surface area contributed by atoms with Crippen molar-refractivity contribution < 1.29 is 13.9 Å². The summed E-state index contributed by atoms with van der Waals surface area (Å²) in [6.07, 6.45) is 2.94. The van der Waals surface area contributed by atoms with Crippen molar-refractivity contribution in [1.29, 1.82) is 0 Å². The van der Waals surface area contributed by atoms with Crippen molar-refractivity contribution in [2.24, 2.45) is 0 Å². The van der Waals surface area contributed by atoms with Gasteiger partial charge in [0.25, 0.3) is 5.22 Å². The number of piperidine rings is 1. The number of likely N-dealkylation sites (tertiary alicyclic amines) is 1. The summed E-state index contributed by atoms with van der Waals surface area (Å²) in [4.78, 5) is 18.8. The van der Waals surface area contributed by atoms with Gasteiger partial charge in [-0.3, -0.25) is 0 Å². The van der Waals surface area contributed by atoms with E-state index in [9.17, 15) is 4.79 Å². The summed E-state index contributed by atoms with van der Waals surface area (Å²) in [5.74, 6) is 0.770. The van der Waals surface area contributed by atoms with Crippen molar-refractivity contribution in [2.75, 3.05) is 12.3 Å². The summed E-state index contributed by atoms with van der Waals surface area (Å²) in [6.45, 7) is 6.46. The molecule has 130 valence electrons. The Balaban J connectivity index is 1.64. The molecule has 0 saturated carbocycles. The van der Waals surface area contributed by atoms with E-state index >= 15 is 0 Å². The number of carbonyl (C=O) groups is 1. The van der Waals surface area contributed by atoms with E-state index in [0.29, 0.717) is 5.22 Å². The molecule has 0 N–H and O–H groups in total. The number of rotatable bonds is 3. The van der Waals surface area contributed by atoms with E-state index in [-0.39, 0.29) is 12.1 Å². The first-order valence-electron chi connectivity index (χ1n) is 8.40. The van der Waals surface area contributed by atoms with E-state index in [1.807, 2.05) is 49.9 Å². The second kappa shape index (κ2) is 7.05. The van der Waals surface area contributed by atoms with Crippen LogP contribution in [0.2, 0.25) is 0 Å². The van der Waals surface area contributed by atoms with Crippen LogP contribution >= 0.6 is 11.8 Å². The van der Waals surface area contributed by atoms with Crippen LogP contribution in [0.4, 0.5) is 4.79 Å². The van der Waals surface area contributed by atoms with Gasteiger partial charge in [-0.05, 0) is 52.2 Å². The molecule has 1 atom stereocenters. The maximum atomic E-state index is 12.4. The average molecular weight is 348 g/mol. The molecular formula is C18H24N2O3S. The second-order valence-corrected chi connectivity index (χ2v) is 8.05. The Kier molecular flexibility index (Phi) is 5.04. The molecule has 3 rings (SSSR count).